The van der Waals surface area contributed by atoms with Crippen LogP contribution in [-0.4, -0.2) is 14.7 Å². The summed E-state index contributed by atoms with van der Waals surface area (Å²) < 4.78 is 2.17. The van der Waals surface area contributed by atoms with Crippen molar-refractivity contribution in [2.75, 3.05) is 0 Å². The molecule has 1 N–H and O–H groups in total. The second kappa shape index (κ2) is 4.03. The van der Waals surface area contributed by atoms with Gasteiger partial charge in [0, 0.05) is 17.8 Å². The quantitative estimate of drug-likeness (QED) is 0.866. The van der Waals surface area contributed by atoms with Gasteiger partial charge in [-0.25, -0.2) is 4.98 Å². The maximum Gasteiger partial charge on any atom is 0.114 e. The summed E-state index contributed by atoms with van der Waals surface area (Å²) in [6.45, 7) is 0.993. The van der Waals surface area contributed by atoms with E-state index in [-0.39, 0.29) is 6.10 Å². The zero-order valence-electron chi connectivity index (χ0n) is 8.97. The Bertz CT molecular complexity index is 475. The third-order valence-corrected chi connectivity index (χ3v) is 3.96. The summed E-state index contributed by atoms with van der Waals surface area (Å²) >= 11 is 1.76. The molecule has 0 fully saturated rings. The molecule has 2 aromatic rings. The fraction of sp³-hybridized carbons (Fsp3) is 0.417. The van der Waals surface area contributed by atoms with Gasteiger partial charge in [0.15, 0.2) is 0 Å². The summed E-state index contributed by atoms with van der Waals surface area (Å²) in [6, 6.07) is 4.19. The molecule has 1 aliphatic heterocycles. The highest BCUT2D eigenvalue weighted by atomic mass is 32.1. The molecule has 0 radical (unpaired) electrons. The van der Waals surface area contributed by atoms with E-state index in [2.05, 4.69) is 27.1 Å². The van der Waals surface area contributed by atoms with Crippen LogP contribution in [0.15, 0.2) is 23.7 Å². The molecule has 3 heterocycles. The van der Waals surface area contributed by atoms with E-state index in [4.69, 9.17) is 0 Å². The summed E-state index contributed by atoms with van der Waals surface area (Å²) in [5.41, 5.74) is 0.984. The third kappa shape index (κ3) is 1.68. The van der Waals surface area contributed by atoms with Gasteiger partial charge in [-0.2, -0.15) is 0 Å². The van der Waals surface area contributed by atoms with Crippen molar-refractivity contribution >= 4 is 11.3 Å². The number of aromatic nitrogens is 2. The highest BCUT2D eigenvalue weighted by Crippen LogP contribution is 2.27. The lowest BCUT2D eigenvalue weighted by atomic mass is 10.1. The van der Waals surface area contributed by atoms with Crippen LogP contribution in [0, 0.1) is 0 Å². The normalized spacial score (nSPS) is 19.7. The van der Waals surface area contributed by atoms with Gasteiger partial charge in [-0.1, -0.05) is 6.07 Å². The Kier molecular flexibility index (Phi) is 2.53. The van der Waals surface area contributed by atoms with Crippen molar-refractivity contribution in [3.63, 3.8) is 0 Å². The van der Waals surface area contributed by atoms with E-state index in [0.29, 0.717) is 0 Å². The molecule has 0 saturated carbocycles. The molecule has 0 aliphatic carbocycles. The van der Waals surface area contributed by atoms with Gasteiger partial charge in [-0.3, -0.25) is 0 Å². The van der Waals surface area contributed by atoms with Crippen molar-refractivity contribution in [2.24, 2.45) is 0 Å². The highest BCUT2D eigenvalue weighted by Gasteiger charge is 2.21. The fourth-order valence-electron chi connectivity index (χ4n) is 2.25. The molecule has 16 heavy (non-hydrogen) atoms. The minimum atomic E-state index is -0.321. The molecule has 1 unspecified atom stereocenters. The lowest BCUT2D eigenvalue weighted by molar-refractivity contribution is 0.138. The number of hydrogen-bond acceptors (Lipinski definition) is 3. The summed E-state index contributed by atoms with van der Waals surface area (Å²) in [6.07, 6.45) is 4.29. The Morgan fingerprint density at radius 1 is 1.56 bits per heavy atom. The molecule has 1 atom stereocenters. The summed E-state index contributed by atoms with van der Waals surface area (Å²) in [5.74, 6) is 1.08. The van der Waals surface area contributed by atoms with Crippen molar-refractivity contribution in [3.8, 4) is 0 Å². The molecule has 0 spiro atoms. The standard InChI is InChI=1S/C12H14N2OS/c15-11-4-1-5-14-10(11)8-13-12(14)7-9-3-2-6-16-9/h2-3,6,8,11,15H,1,4-5,7H2. The van der Waals surface area contributed by atoms with Crippen LogP contribution in [0.3, 0.4) is 0 Å². The monoisotopic (exact) mass is 234 g/mol. The van der Waals surface area contributed by atoms with Gasteiger partial charge in [0.25, 0.3) is 0 Å². The number of aliphatic hydroxyl groups is 1. The summed E-state index contributed by atoms with van der Waals surface area (Å²) in [5, 5.41) is 11.9. The first-order valence-electron chi connectivity index (χ1n) is 5.59. The van der Waals surface area contributed by atoms with Crippen LogP contribution in [0.25, 0.3) is 0 Å². The summed E-state index contributed by atoms with van der Waals surface area (Å²) in [7, 11) is 0. The minimum absolute atomic E-state index is 0.321. The molecule has 0 bridgehead atoms. The third-order valence-electron chi connectivity index (χ3n) is 3.08. The molecule has 3 rings (SSSR count). The smallest absolute Gasteiger partial charge is 0.114 e. The van der Waals surface area contributed by atoms with Gasteiger partial charge in [0.2, 0.25) is 0 Å². The van der Waals surface area contributed by atoms with Crippen molar-refractivity contribution in [1.82, 2.24) is 9.55 Å². The van der Waals surface area contributed by atoms with Gasteiger partial charge in [-0.15, -0.1) is 11.3 Å². The van der Waals surface area contributed by atoms with Crippen LogP contribution in [0.1, 0.15) is 35.3 Å². The number of thiophene rings is 1. The van der Waals surface area contributed by atoms with E-state index in [0.717, 1.165) is 37.3 Å². The Hall–Kier alpha value is -1.13. The van der Waals surface area contributed by atoms with E-state index in [1.807, 2.05) is 6.20 Å². The largest absolute Gasteiger partial charge is 0.387 e. The number of aliphatic hydroxyl groups excluding tert-OH is 1. The van der Waals surface area contributed by atoms with Crippen molar-refractivity contribution in [1.29, 1.82) is 0 Å². The lowest BCUT2D eigenvalue weighted by Crippen LogP contribution is -2.16. The number of imidazole rings is 1. The Morgan fingerprint density at radius 3 is 3.31 bits per heavy atom. The Morgan fingerprint density at radius 2 is 2.50 bits per heavy atom. The average molecular weight is 234 g/mol. The molecule has 0 aromatic carbocycles. The average Bonchev–Trinajstić information content (AvgIpc) is 2.90. The number of nitrogens with zero attached hydrogens (tertiary/aromatic N) is 2. The molecular formula is C12H14N2OS. The minimum Gasteiger partial charge on any atom is -0.387 e. The first kappa shape index (κ1) is 10.1. The number of fused-ring (bicyclic) bond motifs is 1. The maximum atomic E-state index is 9.84. The van der Waals surface area contributed by atoms with Crippen LogP contribution in [0.2, 0.25) is 0 Å². The Labute approximate surface area is 98.4 Å². The van der Waals surface area contributed by atoms with E-state index < -0.39 is 0 Å². The number of rotatable bonds is 2. The van der Waals surface area contributed by atoms with Crippen LogP contribution < -0.4 is 0 Å². The molecule has 3 nitrogen and oxygen atoms in total. The first-order chi connectivity index (χ1) is 7.84. The van der Waals surface area contributed by atoms with Gasteiger partial charge in [0.1, 0.15) is 5.82 Å². The van der Waals surface area contributed by atoms with E-state index in [9.17, 15) is 5.11 Å². The van der Waals surface area contributed by atoms with E-state index >= 15 is 0 Å². The summed E-state index contributed by atoms with van der Waals surface area (Å²) in [4.78, 5) is 5.76. The SMILES string of the molecule is OC1CCCn2c1cnc2Cc1cccs1. The van der Waals surface area contributed by atoms with E-state index in [1.165, 1.54) is 4.88 Å². The fourth-order valence-corrected chi connectivity index (χ4v) is 2.96. The van der Waals surface area contributed by atoms with Gasteiger partial charge >= 0.3 is 0 Å². The Balaban J connectivity index is 1.91. The molecule has 0 amide bonds. The van der Waals surface area contributed by atoms with Gasteiger partial charge in [0.05, 0.1) is 18.0 Å². The molecule has 2 aromatic heterocycles. The van der Waals surface area contributed by atoms with Gasteiger partial charge < -0.3 is 9.67 Å². The van der Waals surface area contributed by atoms with Crippen LogP contribution in [0.5, 0.6) is 0 Å². The van der Waals surface area contributed by atoms with Crippen LogP contribution >= 0.6 is 11.3 Å². The van der Waals surface area contributed by atoms with Gasteiger partial charge in [-0.05, 0) is 24.3 Å². The van der Waals surface area contributed by atoms with Crippen LogP contribution in [-0.2, 0) is 13.0 Å². The predicted molar refractivity (Wildman–Crippen MR) is 63.5 cm³/mol. The zero-order chi connectivity index (χ0) is 11.0. The first-order valence-corrected chi connectivity index (χ1v) is 6.47. The van der Waals surface area contributed by atoms with Crippen molar-refractivity contribution in [3.05, 3.63) is 40.1 Å². The second-order valence-corrected chi connectivity index (χ2v) is 5.20. The molecular weight excluding hydrogens is 220 g/mol. The highest BCUT2D eigenvalue weighted by molar-refractivity contribution is 7.09. The maximum absolute atomic E-state index is 9.84. The topological polar surface area (TPSA) is 38.0 Å². The lowest BCUT2D eigenvalue weighted by Gasteiger charge is -2.21. The zero-order valence-corrected chi connectivity index (χ0v) is 9.78. The second-order valence-electron chi connectivity index (χ2n) is 4.17. The van der Waals surface area contributed by atoms with Crippen LogP contribution in [0.4, 0.5) is 0 Å². The molecule has 0 saturated heterocycles. The predicted octanol–water partition coefficient (Wildman–Crippen LogP) is 2.36. The van der Waals surface area contributed by atoms with Crippen molar-refractivity contribution in [2.45, 2.75) is 31.9 Å². The molecule has 4 heteroatoms. The molecule has 1 aliphatic rings. The number of hydrogen-bond donors (Lipinski definition) is 1. The van der Waals surface area contributed by atoms with Crippen molar-refractivity contribution < 1.29 is 5.11 Å². The van der Waals surface area contributed by atoms with E-state index in [1.54, 1.807) is 11.3 Å². The molecule has 84 valence electrons.